The largest absolute Gasteiger partial charge is 0.508 e. The summed E-state index contributed by atoms with van der Waals surface area (Å²) in [6.45, 7) is 0. The molecule has 0 saturated carbocycles. The topological polar surface area (TPSA) is 224 Å². The molecule has 0 radical (unpaired) electrons. The first-order chi connectivity index (χ1) is 22.5. The van der Waals surface area contributed by atoms with Crippen molar-refractivity contribution < 1.29 is 39.3 Å². The zero-order chi connectivity index (χ0) is 33.9. The van der Waals surface area contributed by atoms with E-state index < -0.39 is 60.2 Å². The van der Waals surface area contributed by atoms with Gasteiger partial charge in [-0.2, -0.15) is 0 Å². The lowest BCUT2D eigenvalue weighted by Crippen LogP contribution is -2.58. The van der Waals surface area contributed by atoms with E-state index in [1.165, 1.54) is 24.3 Å². The number of nitrogens with one attached hydrogen (secondary N) is 4. The maximum Gasteiger partial charge on any atom is 0.326 e. The lowest BCUT2D eigenvalue weighted by atomic mass is 10.0. The van der Waals surface area contributed by atoms with Crippen molar-refractivity contribution in [3.05, 3.63) is 102 Å². The minimum atomic E-state index is -1.38. The fourth-order valence-corrected chi connectivity index (χ4v) is 5.12. The molecule has 246 valence electrons. The van der Waals surface area contributed by atoms with Crippen LogP contribution in [-0.4, -0.2) is 74.1 Å². The Labute approximate surface area is 270 Å². The maximum absolute atomic E-state index is 13.7. The molecule has 0 aliphatic rings. The number of aromatic hydroxyl groups is 1. The normalized spacial score (nSPS) is 13.6. The number of hydrogen-bond acceptors (Lipinski definition) is 7. The molecule has 1 heterocycles. The van der Waals surface area contributed by atoms with E-state index in [0.717, 1.165) is 16.5 Å². The van der Waals surface area contributed by atoms with Crippen molar-refractivity contribution in [2.45, 2.75) is 56.3 Å². The molecule has 0 fully saturated rings. The molecule has 0 aliphatic carbocycles. The maximum atomic E-state index is 13.7. The molecular formula is C34H37N5O8. The standard InChI is InChI=1S/C34H37N5O8/c35-25(16-20-6-2-1-3-7-20)31(43)37-27(14-15-30(41)42)32(44)38-28(18-22-19-36-26-9-5-4-8-24(22)26)33(45)39-29(34(46)47)17-21-10-12-23(40)13-11-21/h1-13,19,25,27-29,36,40H,14-18,35H2,(H,37,43)(H,38,44)(H,39,45)(H,41,42)(H,46,47). The molecule has 0 aliphatic heterocycles. The van der Waals surface area contributed by atoms with Crippen LogP contribution in [-0.2, 0) is 43.2 Å². The highest BCUT2D eigenvalue weighted by molar-refractivity contribution is 5.95. The van der Waals surface area contributed by atoms with Crippen LogP contribution in [0.4, 0.5) is 0 Å². The van der Waals surface area contributed by atoms with Gasteiger partial charge in [0.25, 0.3) is 0 Å². The first kappa shape index (κ1) is 34.2. The molecule has 0 saturated heterocycles. The number of aromatic nitrogens is 1. The van der Waals surface area contributed by atoms with Crippen molar-refractivity contribution in [2.24, 2.45) is 5.73 Å². The number of aromatic amines is 1. The van der Waals surface area contributed by atoms with Crippen LogP contribution in [0.15, 0.2) is 85.1 Å². The summed E-state index contributed by atoms with van der Waals surface area (Å²) in [5.74, 6) is -4.84. The predicted molar refractivity (Wildman–Crippen MR) is 172 cm³/mol. The van der Waals surface area contributed by atoms with Crippen LogP contribution in [0.3, 0.4) is 0 Å². The molecule has 47 heavy (non-hydrogen) atoms. The number of hydrogen-bond donors (Lipinski definition) is 8. The summed E-state index contributed by atoms with van der Waals surface area (Å²) >= 11 is 0. The van der Waals surface area contributed by atoms with Crippen molar-refractivity contribution in [3.63, 3.8) is 0 Å². The third-order valence-corrected chi connectivity index (χ3v) is 7.64. The minimum absolute atomic E-state index is 0.00303. The van der Waals surface area contributed by atoms with Gasteiger partial charge < -0.3 is 42.0 Å². The molecule has 4 unspecified atom stereocenters. The lowest BCUT2D eigenvalue weighted by Gasteiger charge is -2.25. The number of benzene rings is 3. The second-order valence-electron chi connectivity index (χ2n) is 11.2. The summed E-state index contributed by atoms with van der Waals surface area (Å²) in [6, 6.07) is 17.0. The van der Waals surface area contributed by atoms with Gasteiger partial charge in [0, 0.05) is 36.4 Å². The summed E-state index contributed by atoms with van der Waals surface area (Å²) in [5.41, 5.74) is 8.87. The van der Waals surface area contributed by atoms with Crippen molar-refractivity contribution in [3.8, 4) is 5.75 Å². The van der Waals surface area contributed by atoms with Crippen LogP contribution in [0.5, 0.6) is 5.75 Å². The van der Waals surface area contributed by atoms with E-state index in [1.807, 2.05) is 30.3 Å². The molecule has 4 atom stereocenters. The average Bonchev–Trinajstić information content (AvgIpc) is 3.46. The number of amides is 3. The van der Waals surface area contributed by atoms with E-state index in [-0.39, 0.29) is 31.4 Å². The third kappa shape index (κ3) is 9.90. The SMILES string of the molecule is NC(Cc1ccccc1)C(=O)NC(CCC(=O)O)C(=O)NC(Cc1c[nH]c2ccccc12)C(=O)NC(Cc1ccc(O)cc1)C(=O)O. The van der Waals surface area contributed by atoms with Crippen LogP contribution in [0, 0.1) is 0 Å². The number of phenols is 1. The van der Waals surface area contributed by atoms with Crippen LogP contribution in [0.25, 0.3) is 10.9 Å². The van der Waals surface area contributed by atoms with E-state index >= 15 is 0 Å². The Kier molecular flexibility index (Phi) is 11.7. The van der Waals surface area contributed by atoms with Gasteiger partial charge in [0.1, 0.15) is 23.9 Å². The van der Waals surface area contributed by atoms with Gasteiger partial charge in [0.15, 0.2) is 0 Å². The van der Waals surface area contributed by atoms with Gasteiger partial charge >= 0.3 is 11.9 Å². The highest BCUT2D eigenvalue weighted by Crippen LogP contribution is 2.20. The van der Waals surface area contributed by atoms with Gasteiger partial charge in [-0.15, -0.1) is 0 Å². The molecule has 1 aromatic heterocycles. The Hall–Kier alpha value is -5.69. The van der Waals surface area contributed by atoms with E-state index in [9.17, 15) is 39.3 Å². The van der Waals surface area contributed by atoms with Crippen LogP contribution >= 0.6 is 0 Å². The number of rotatable bonds is 16. The van der Waals surface area contributed by atoms with Gasteiger partial charge in [-0.3, -0.25) is 19.2 Å². The molecular weight excluding hydrogens is 606 g/mol. The van der Waals surface area contributed by atoms with Crippen molar-refractivity contribution in [1.29, 1.82) is 0 Å². The smallest absolute Gasteiger partial charge is 0.326 e. The zero-order valence-electron chi connectivity index (χ0n) is 25.4. The van der Waals surface area contributed by atoms with Crippen LogP contribution < -0.4 is 21.7 Å². The van der Waals surface area contributed by atoms with Crippen LogP contribution in [0.2, 0.25) is 0 Å². The van der Waals surface area contributed by atoms with Gasteiger partial charge in [-0.1, -0.05) is 60.7 Å². The zero-order valence-corrected chi connectivity index (χ0v) is 25.4. The second-order valence-corrected chi connectivity index (χ2v) is 11.2. The summed E-state index contributed by atoms with van der Waals surface area (Å²) in [6.07, 6.45) is 0.938. The first-order valence-electron chi connectivity index (χ1n) is 15.0. The van der Waals surface area contributed by atoms with Gasteiger partial charge in [-0.25, -0.2) is 4.79 Å². The summed E-state index contributed by atoms with van der Waals surface area (Å²) in [4.78, 5) is 67.0. The number of nitrogens with two attached hydrogens (primary N) is 1. The van der Waals surface area contributed by atoms with E-state index in [0.29, 0.717) is 11.1 Å². The quantitative estimate of drug-likeness (QED) is 0.0887. The number of carboxylic acids is 2. The fraction of sp³-hybridized carbons (Fsp3) is 0.265. The van der Waals surface area contributed by atoms with E-state index in [2.05, 4.69) is 20.9 Å². The lowest BCUT2D eigenvalue weighted by molar-refractivity contribution is -0.142. The molecule has 0 spiro atoms. The second kappa shape index (κ2) is 16.0. The molecule has 4 aromatic rings. The number of fused-ring (bicyclic) bond motifs is 1. The summed E-state index contributed by atoms with van der Waals surface area (Å²) in [7, 11) is 0. The Morgan fingerprint density at radius 2 is 1.28 bits per heavy atom. The van der Waals surface area contributed by atoms with E-state index in [4.69, 9.17) is 5.73 Å². The number of carbonyl (C=O) groups is 5. The van der Waals surface area contributed by atoms with Gasteiger partial charge in [0.2, 0.25) is 17.7 Å². The van der Waals surface area contributed by atoms with Crippen molar-refractivity contribution >= 4 is 40.6 Å². The van der Waals surface area contributed by atoms with Gasteiger partial charge in [-0.05, 0) is 47.7 Å². The molecule has 13 nitrogen and oxygen atoms in total. The Morgan fingerprint density at radius 1 is 0.681 bits per heavy atom. The first-order valence-corrected chi connectivity index (χ1v) is 15.0. The highest BCUT2D eigenvalue weighted by Gasteiger charge is 2.31. The molecule has 3 amide bonds. The molecule has 4 rings (SSSR count). The number of phenolic OH excluding ortho intramolecular Hbond substituents is 1. The monoisotopic (exact) mass is 643 g/mol. The molecule has 3 aromatic carbocycles. The van der Waals surface area contributed by atoms with Crippen molar-refractivity contribution in [1.82, 2.24) is 20.9 Å². The summed E-state index contributed by atoms with van der Waals surface area (Å²) < 4.78 is 0. The number of aliphatic carboxylic acids is 2. The molecule has 13 heteroatoms. The van der Waals surface area contributed by atoms with Gasteiger partial charge in [0.05, 0.1) is 6.04 Å². The Balaban J connectivity index is 1.55. The number of carboxylic acid groups (broad SMARTS) is 2. The number of H-pyrrole nitrogens is 1. The van der Waals surface area contributed by atoms with Crippen LogP contribution in [0.1, 0.15) is 29.5 Å². The minimum Gasteiger partial charge on any atom is -0.508 e. The summed E-state index contributed by atoms with van der Waals surface area (Å²) in [5, 5.41) is 37.2. The average molecular weight is 644 g/mol. The molecule has 9 N–H and O–H groups in total. The fourth-order valence-electron chi connectivity index (χ4n) is 5.12. The van der Waals surface area contributed by atoms with Crippen molar-refractivity contribution in [2.75, 3.05) is 0 Å². The Bertz CT molecular complexity index is 1710. The highest BCUT2D eigenvalue weighted by atomic mass is 16.4. The number of para-hydroxylation sites is 1. The third-order valence-electron chi connectivity index (χ3n) is 7.64. The predicted octanol–water partition coefficient (Wildman–Crippen LogP) is 1.63. The number of carbonyl (C=O) groups excluding carboxylic acids is 3. The molecule has 0 bridgehead atoms. The Morgan fingerprint density at radius 3 is 1.96 bits per heavy atom. The van der Waals surface area contributed by atoms with E-state index in [1.54, 1.807) is 30.5 Å².